The van der Waals surface area contributed by atoms with E-state index in [4.69, 9.17) is 9.88 Å². The van der Waals surface area contributed by atoms with Crippen molar-refractivity contribution in [2.75, 3.05) is 11.8 Å². The van der Waals surface area contributed by atoms with Crippen LogP contribution in [0.25, 0.3) is 6.08 Å². The highest BCUT2D eigenvalue weighted by Gasteiger charge is 2.18. The number of benzene rings is 2. The van der Waals surface area contributed by atoms with Crippen molar-refractivity contribution in [1.29, 1.82) is 0 Å². The minimum Gasteiger partial charge on any atom is -0.496 e. The number of hydrogen-bond donors (Lipinski definition) is 2. The molecule has 0 saturated carbocycles. The molecule has 2 rings (SSSR count). The molecule has 0 radical (unpaired) electrons. The number of para-hydroxylation sites is 1. The monoisotopic (exact) mass is 386 g/mol. The highest BCUT2D eigenvalue weighted by Crippen LogP contribution is 2.23. The van der Waals surface area contributed by atoms with Gasteiger partial charge in [-0.2, -0.15) is 0 Å². The number of sulfonamides is 2. The maximum absolute atomic E-state index is 13.2. The van der Waals surface area contributed by atoms with Crippen LogP contribution in [0.4, 0.5) is 10.1 Å². The highest BCUT2D eigenvalue weighted by atomic mass is 32.2. The van der Waals surface area contributed by atoms with E-state index in [2.05, 4.69) is 0 Å². The summed E-state index contributed by atoms with van der Waals surface area (Å²) < 4.78 is 67.7. The molecule has 3 N–H and O–H groups in total. The number of methoxy groups -OCH3 is 1. The van der Waals surface area contributed by atoms with Crippen LogP contribution < -0.4 is 14.6 Å². The lowest BCUT2D eigenvalue weighted by atomic mass is 10.2. The van der Waals surface area contributed by atoms with Gasteiger partial charge in [0.25, 0.3) is 10.0 Å². The van der Waals surface area contributed by atoms with E-state index in [-0.39, 0.29) is 5.69 Å². The summed E-state index contributed by atoms with van der Waals surface area (Å²) in [6.45, 7) is 0. The standard InChI is InChI=1S/C15H15FN2O5S2/c1-23-14-5-3-2-4-11(14)8-9-24(19,20)18-13-7-6-12(16)10-15(13)25(17,21)22/h2-10,18H,1H3,(H2,17,21,22)/b9-8+. The summed E-state index contributed by atoms with van der Waals surface area (Å²) in [5, 5.41) is 5.82. The van der Waals surface area contributed by atoms with E-state index in [0.29, 0.717) is 17.4 Å². The largest absolute Gasteiger partial charge is 0.496 e. The van der Waals surface area contributed by atoms with E-state index >= 15 is 0 Å². The molecule has 0 aliphatic carbocycles. The second kappa shape index (κ2) is 7.21. The van der Waals surface area contributed by atoms with Crippen molar-refractivity contribution in [3.8, 4) is 5.75 Å². The first-order valence-electron chi connectivity index (χ1n) is 6.79. The third-order valence-corrected chi connectivity index (χ3v) is 5.02. The smallest absolute Gasteiger partial charge is 0.255 e. The van der Waals surface area contributed by atoms with E-state index in [9.17, 15) is 21.2 Å². The van der Waals surface area contributed by atoms with E-state index < -0.39 is 30.8 Å². The Bertz CT molecular complexity index is 1020. The molecule has 0 unspecified atom stereocenters. The quantitative estimate of drug-likeness (QED) is 0.787. The lowest BCUT2D eigenvalue weighted by Crippen LogP contribution is -2.17. The second-order valence-electron chi connectivity index (χ2n) is 4.88. The molecule has 0 aliphatic heterocycles. The normalized spacial score (nSPS) is 12.3. The first-order chi connectivity index (χ1) is 11.6. The fourth-order valence-electron chi connectivity index (χ4n) is 1.97. The lowest BCUT2D eigenvalue weighted by Gasteiger charge is -2.09. The number of ether oxygens (including phenoxy) is 1. The topological polar surface area (TPSA) is 116 Å². The van der Waals surface area contributed by atoms with Gasteiger partial charge in [0.1, 0.15) is 16.5 Å². The molecular formula is C15H15FN2O5S2. The molecule has 0 heterocycles. The van der Waals surface area contributed by atoms with Crippen molar-refractivity contribution in [1.82, 2.24) is 0 Å². The van der Waals surface area contributed by atoms with E-state index in [1.807, 2.05) is 4.72 Å². The molecule has 7 nitrogen and oxygen atoms in total. The van der Waals surface area contributed by atoms with Crippen molar-refractivity contribution >= 4 is 31.8 Å². The number of anilines is 1. The zero-order valence-electron chi connectivity index (χ0n) is 13.0. The fraction of sp³-hybridized carbons (Fsp3) is 0.0667. The summed E-state index contributed by atoms with van der Waals surface area (Å²) in [5.74, 6) is -0.405. The Morgan fingerprint density at radius 3 is 2.44 bits per heavy atom. The van der Waals surface area contributed by atoms with Gasteiger partial charge in [-0.15, -0.1) is 0 Å². The zero-order valence-corrected chi connectivity index (χ0v) is 14.6. The van der Waals surface area contributed by atoms with Gasteiger partial charge >= 0.3 is 0 Å². The van der Waals surface area contributed by atoms with E-state index in [1.54, 1.807) is 24.3 Å². The summed E-state index contributed by atoms with van der Waals surface area (Å²) in [4.78, 5) is -0.665. The van der Waals surface area contributed by atoms with Crippen LogP contribution in [0.3, 0.4) is 0 Å². The third-order valence-electron chi connectivity index (χ3n) is 3.07. The lowest BCUT2D eigenvalue weighted by molar-refractivity contribution is 0.414. The predicted molar refractivity (Wildman–Crippen MR) is 92.3 cm³/mol. The molecular weight excluding hydrogens is 371 g/mol. The van der Waals surface area contributed by atoms with Crippen molar-refractivity contribution < 1.29 is 26.0 Å². The number of primary sulfonamides is 1. The number of rotatable bonds is 6. The predicted octanol–water partition coefficient (Wildman–Crippen LogP) is 1.89. The summed E-state index contributed by atoms with van der Waals surface area (Å²) in [6, 6.07) is 9.23. The van der Waals surface area contributed by atoms with Crippen LogP contribution in [0.15, 0.2) is 52.8 Å². The molecule has 2 aromatic carbocycles. The second-order valence-corrected chi connectivity index (χ2v) is 7.97. The summed E-state index contributed by atoms with van der Waals surface area (Å²) in [7, 11) is -6.96. The number of hydrogen-bond acceptors (Lipinski definition) is 5. The molecule has 0 aliphatic rings. The van der Waals surface area contributed by atoms with Gasteiger partial charge in [0, 0.05) is 5.56 Å². The summed E-state index contributed by atoms with van der Waals surface area (Å²) >= 11 is 0. The van der Waals surface area contributed by atoms with Crippen LogP contribution in [-0.2, 0) is 20.0 Å². The maximum atomic E-state index is 13.2. The maximum Gasteiger partial charge on any atom is 0.255 e. The van der Waals surface area contributed by atoms with Gasteiger partial charge in [0.2, 0.25) is 10.0 Å². The van der Waals surface area contributed by atoms with Crippen LogP contribution in [0.1, 0.15) is 5.56 Å². The fourth-order valence-corrected chi connectivity index (χ4v) is 3.62. The molecule has 134 valence electrons. The third kappa shape index (κ3) is 5.02. The molecule has 0 spiro atoms. The molecule has 0 amide bonds. The van der Waals surface area contributed by atoms with E-state index in [0.717, 1.165) is 17.5 Å². The Labute approximate surface area is 145 Å². The molecule has 0 fully saturated rings. The van der Waals surface area contributed by atoms with Gasteiger partial charge in [-0.05, 0) is 30.3 Å². The van der Waals surface area contributed by atoms with Crippen LogP contribution in [0, 0.1) is 5.82 Å². The molecule has 0 bridgehead atoms. The van der Waals surface area contributed by atoms with Gasteiger partial charge in [-0.3, -0.25) is 4.72 Å². The van der Waals surface area contributed by atoms with Crippen molar-refractivity contribution in [3.63, 3.8) is 0 Å². The first-order valence-corrected chi connectivity index (χ1v) is 9.88. The number of nitrogens with one attached hydrogen (secondary N) is 1. The molecule has 0 atom stereocenters. The highest BCUT2D eigenvalue weighted by molar-refractivity contribution is 7.95. The number of nitrogens with two attached hydrogens (primary N) is 1. The first kappa shape index (κ1) is 18.9. The van der Waals surface area contributed by atoms with Gasteiger partial charge in [0.05, 0.1) is 18.2 Å². The van der Waals surface area contributed by atoms with Crippen molar-refractivity contribution in [2.24, 2.45) is 5.14 Å². The van der Waals surface area contributed by atoms with Crippen LogP contribution in [0.2, 0.25) is 0 Å². The summed E-state index contributed by atoms with van der Waals surface area (Å²) in [6.07, 6.45) is 1.28. The van der Waals surface area contributed by atoms with Gasteiger partial charge in [-0.25, -0.2) is 26.4 Å². The van der Waals surface area contributed by atoms with Crippen LogP contribution >= 0.6 is 0 Å². The van der Waals surface area contributed by atoms with Crippen molar-refractivity contribution in [2.45, 2.75) is 4.90 Å². The molecule has 0 saturated heterocycles. The van der Waals surface area contributed by atoms with Gasteiger partial charge in [0.15, 0.2) is 0 Å². The van der Waals surface area contributed by atoms with Gasteiger partial charge < -0.3 is 4.74 Å². The van der Waals surface area contributed by atoms with E-state index in [1.165, 1.54) is 13.2 Å². The molecule has 10 heteroatoms. The Balaban J connectivity index is 2.36. The average Bonchev–Trinajstić information content (AvgIpc) is 2.54. The molecule has 25 heavy (non-hydrogen) atoms. The molecule has 0 aromatic heterocycles. The SMILES string of the molecule is COc1ccccc1/C=C/S(=O)(=O)Nc1ccc(F)cc1S(N)(=O)=O. The zero-order chi connectivity index (χ0) is 18.7. The van der Waals surface area contributed by atoms with Crippen molar-refractivity contribution in [3.05, 3.63) is 59.3 Å². The Morgan fingerprint density at radius 2 is 1.80 bits per heavy atom. The van der Waals surface area contributed by atoms with Crippen LogP contribution in [0.5, 0.6) is 5.75 Å². The molecule has 2 aromatic rings. The Hall–Kier alpha value is -2.43. The summed E-state index contributed by atoms with van der Waals surface area (Å²) in [5.41, 5.74) is 0.148. The Morgan fingerprint density at radius 1 is 1.12 bits per heavy atom. The van der Waals surface area contributed by atoms with Gasteiger partial charge in [-0.1, -0.05) is 18.2 Å². The number of halogens is 1. The minimum absolute atomic E-state index is 0.353. The minimum atomic E-state index is -4.32. The van der Waals surface area contributed by atoms with Crippen LogP contribution in [-0.4, -0.2) is 23.9 Å². The Kier molecular flexibility index (Phi) is 5.45. The average molecular weight is 386 g/mol.